The van der Waals surface area contributed by atoms with E-state index in [1.807, 2.05) is 12.1 Å². The molecule has 0 unspecified atom stereocenters. The van der Waals surface area contributed by atoms with Crippen LogP contribution in [0, 0.1) is 0 Å². The Hall–Kier alpha value is -3.52. The molecule has 1 aromatic heterocycles. The molecule has 1 N–H and O–H groups in total. The Kier molecular flexibility index (Phi) is 5.58. The molecule has 0 radical (unpaired) electrons. The number of methoxy groups -OCH3 is 2. The Morgan fingerprint density at radius 3 is 2.73 bits per heavy atom. The lowest BCUT2D eigenvalue weighted by Gasteiger charge is -2.22. The average molecular weight is 421 g/mol. The number of anilines is 2. The Bertz CT molecular complexity index is 1120. The number of ether oxygens (including phenoxy) is 2. The van der Waals surface area contributed by atoms with Gasteiger partial charge in [0, 0.05) is 17.2 Å². The second kappa shape index (κ2) is 8.46. The summed E-state index contributed by atoms with van der Waals surface area (Å²) >= 11 is 1.41. The van der Waals surface area contributed by atoms with Gasteiger partial charge in [-0.1, -0.05) is 23.9 Å². The van der Waals surface area contributed by atoms with E-state index in [9.17, 15) is 9.59 Å². The van der Waals surface area contributed by atoms with Gasteiger partial charge >= 0.3 is 0 Å². The monoisotopic (exact) mass is 421 g/mol. The number of hydrogen-bond donors (Lipinski definition) is 1. The molecule has 2 heterocycles. The molecule has 0 saturated carbocycles. The van der Waals surface area contributed by atoms with E-state index >= 15 is 0 Å². The van der Waals surface area contributed by atoms with Gasteiger partial charge in [-0.15, -0.1) is 0 Å². The zero-order valence-electron chi connectivity index (χ0n) is 16.4. The number of carbonyl (C=O) groups excluding carboxylic acids is 2. The Labute approximate surface area is 178 Å². The number of rotatable bonds is 5. The third kappa shape index (κ3) is 3.81. The summed E-state index contributed by atoms with van der Waals surface area (Å²) in [6, 6.07) is 16.0. The highest BCUT2D eigenvalue weighted by molar-refractivity contribution is 7.99. The minimum absolute atomic E-state index is 0.165. The summed E-state index contributed by atoms with van der Waals surface area (Å²) in [5.41, 5.74) is 1.63. The van der Waals surface area contributed by atoms with E-state index in [0.717, 1.165) is 4.90 Å². The van der Waals surface area contributed by atoms with Crippen molar-refractivity contribution in [3.05, 3.63) is 66.4 Å². The second-order valence-corrected chi connectivity index (χ2v) is 7.46. The quantitative estimate of drug-likeness (QED) is 0.674. The normalized spacial score (nSPS) is 12.5. The van der Waals surface area contributed by atoms with Crippen molar-refractivity contribution in [2.24, 2.45) is 0 Å². The first-order chi connectivity index (χ1) is 14.6. The molecule has 0 atom stereocenters. The van der Waals surface area contributed by atoms with Crippen molar-refractivity contribution in [3.8, 4) is 11.5 Å². The Morgan fingerprint density at radius 2 is 1.93 bits per heavy atom. The van der Waals surface area contributed by atoms with E-state index in [-0.39, 0.29) is 18.4 Å². The lowest BCUT2D eigenvalue weighted by atomic mass is 10.2. The second-order valence-electron chi connectivity index (χ2n) is 6.43. The summed E-state index contributed by atoms with van der Waals surface area (Å²) in [6.45, 7) is -0.165. The zero-order chi connectivity index (χ0) is 21.1. The fraction of sp³-hybridized carbons (Fsp3) is 0.136. The molecular weight excluding hydrogens is 402 g/mol. The number of hydrogen-bond acceptors (Lipinski definition) is 6. The number of nitrogens with zero attached hydrogens (tertiary/aromatic N) is 2. The maximum absolute atomic E-state index is 13.3. The smallest absolute Gasteiger partial charge is 0.259 e. The summed E-state index contributed by atoms with van der Waals surface area (Å²) in [6.07, 6.45) is 1.67. The molecule has 3 aromatic rings. The van der Waals surface area contributed by atoms with Crippen LogP contribution in [-0.2, 0) is 4.79 Å². The van der Waals surface area contributed by atoms with E-state index < -0.39 is 0 Å². The lowest BCUT2D eigenvalue weighted by Crippen LogP contribution is -2.38. The largest absolute Gasteiger partial charge is 0.497 e. The summed E-state index contributed by atoms with van der Waals surface area (Å²) in [7, 11) is 3.07. The highest BCUT2D eigenvalue weighted by atomic mass is 32.2. The van der Waals surface area contributed by atoms with Gasteiger partial charge in [0.1, 0.15) is 23.1 Å². The van der Waals surface area contributed by atoms with Crippen molar-refractivity contribution in [3.63, 3.8) is 0 Å². The molecule has 7 nitrogen and oxygen atoms in total. The van der Waals surface area contributed by atoms with Gasteiger partial charge < -0.3 is 14.8 Å². The standard InChI is InChI=1S/C22H19N3O4S/c1-28-14-9-10-16(18(12-14)29-2)24-20(26)13-25-17-7-5-11-23-21(17)30-19-8-4-3-6-15(19)22(25)27/h3-12H,13H2,1-2H3,(H,24,26). The summed E-state index contributed by atoms with van der Waals surface area (Å²) < 4.78 is 10.5. The number of pyridine rings is 1. The molecule has 1 aliphatic rings. The van der Waals surface area contributed by atoms with Crippen molar-refractivity contribution in [2.45, 2.75) is 9.92 Å². The van der Waals surface area contributed by atoms with Gasteiger partial charge in [-0.25, -0.2) is 4.98 Å². The van der Waals surface area contributed by atoms with E-state index in [4.69, 9.17) is 9.47 Å². The SMILES string of the molecule is COc1ccc(NC(=O)CN2C(=O)c3ccccc3Sc3ncccc32)c(OC)c1. The van der Waals surface area contributed by atoms with Gasteiger partial charge in [0.2, 0.25) is 5.91 Å². The maximum Gasteiger partial charge on any atom is 0.259 e. The summed E-state index contributed by atoms with van der Waals surface area (Å²) in [4.78, 5) is 32.8. The number of aromatic nitrogens is 1. The molecule has 0 saturated heterocycles. The van der Waals surface area contributed by atoms with Gasteiger partial charge in [0.05, 0.1) is 31.2 Å². The molecule has 8 heteroatoms. The Morgan fingerprint density at radius 1 is 1.10 bits per heavy atom. The van der Waals surface area contributed by atoms with E-state index in [2.05, 4.69) is 10.3 Å². The molecule has 152 valence electrons. The van der Waals surface area contributed by atoms with E-state index in [1.165, 1.54) is 23.8 Å². The molecule has 0 spiro atoms. The van der Waals surface area contributed by atoms with Gasteiger partial charge in [-0.2, -0.15) is 0 Å². The first-order valence-corrected chi connectivity index (χ1v) is 9.98. The minimum atomic E-state index is -0.356. The van der Waals surface area contributed by atoms with Crippen molar-refractivity contribution < 1.29 is 19.1 Å². The molecule has 1 aliphatic heterocycles. The topological polar surface area (TPSA) is 80.8 Å². The van der Waals surface area contributed by atoms with Crippen LogP contribution in [0.25, 0.3) is 0 Å². The predicted octanol–water partition coefficient (Wildman–Crippen LogP) is 3.85. The van der Waals surface area contributed by atoms with Crippen molar-refractivity contribution in [1.82, 2.24) is 4.98 Å². The number of benzene rings is 2. The molecule has 0 aliphatic carbocycles. The van der Waals surface area contributed by atoms with Crippen molar-refractivity contribution in [1.29, 1.82) is 0 Å². The first kappa shape index (κ1) is 19.8. The summed E-state index contributed by atoms with van der Waals surface area (Å²) in [5, 5.41) is 3.49. The number of amides is 2. The first-order valence-electron chi connectivity index (χ1n) is 9.16. The van der Waals surface area contributed by atoms with Gasteiger partial charge in [-0.3, -0.25) is 14.5 Å². The van der Waals surface area contributed by atoms with E-state index in [0.29, 0.717) is 33.5 Å². The molecule has 4 rings (SSSR count). The highest BCUT2D eigenvalue weighted by Gasteiger charge is 2.29. The van der Waals surface area contributed by atoms with Crippen LogP contribution in [-0.4, -0.2) is 37.6 Å². The van der Waals surface area contributed by atoms with Crippen LogP contribution in [0.5, 0.6) is 11.5 Å². The third-order valence-corrected chi connectivity index (χ3v) is 5.68. The molecular formula is C22H19N3O4S. The van der Waals surface area contributed by atoms with Crippen LogP contribution in [0.4, 0.5) is 11.4 Å². The fourth-order valence-electron chi connectivity index (χ4n) is 3.15. The molecule has 0 bridgehead atoms. The number of carbonyl (C=O) groups is 2. The maximum atomic E-state index is 13.3. The average Bonchev–Trinajstić information content (AvgIpc) is 2.89. The molecule has 2 amide bonds. The lowest BCUT2D eigenvalue weighted by molar-refractivity contribution is -0.114. The number of nitrogens with one attached hydrogen (secondary N) is 1. The van der Waals surface area contributed by atoms with Crippen LogP contribution < -0.4 is 19.7 Å². The van der Waals surface area contributed by atoms with Gasteiger partial charge in [0.25, 0.3) is 5.91 Å². The zero-order valence-corrected chi connectivity index (χ0v) is 17.2. The van der Waals surface area contributed by atoms with Crippen molar-refractivity contribution in [2.75, 3.05) is 31.0 Å². The van der Waals surface area contributed by atoms with Crippen LogP contribution in [0.1, 0.15) is 10.4 Å². The summed E-state index contributed by atoms with van der Waals surface area (Å²) in [5.74, 6) is 0.474. The molecule has 2 aromatic carbocycles. The van der Waals surface area contributed by atoms with E-state index in [1.54, 1.807) is 55.8 Å². The van der Waals surface area contributed by atoms with Crippen LogP contribution in [0.2, 0.25) is 0 Å². The number of fused-ring (bicyclic) bond motifs is 2. The molecule has 0 fully saturated rings. The van der Waals surface area contributed by atoms with Crippen molar-refractivity contribution >= 4 is 35.0 Å². The highest BCUT2D eigenvalue weighted by Crippen LogP contribution is 2.39. The van der Waals surface area contributed by atoms with Crippen LogP contribution >= 0.6 is 11.8 Å². The fourth-order valence-corrected chi connectivity index (χ4v) is 4.17. The minimum Gasteiger partial charge on any atom is -0.497 e. The van der Waals surface area contributed by atoms with Gasteiger partial charge in [-0.05, 0) is 36.4 Å². The van der Waals surface area contributed by atoms with Gasteiger partial charge in [0.15, 0.2) is 0 Å². The Balaban J connectivity index is 1.63. The third-order valence-electron chi connectivity index (χ3n) is 4.60. The van der Waals surface area contributed by atoms with Crippen LogP contribution in [0.15, 0.2) is 70.7 Å². The molecule has 30 heavy (non-hydrogen) atoms. The predicted molar refractivity (Wildman–Crippen MR) is 115 cm³/mol. The van der Waals surface area contributed by atoms with Crippen LogP contribution in [0.3, 0.4) is 0 Å².